The first-order chi connectivity index (χ1) is 19.9. The third-order valence-electron chi connectivity index (χ3n) is 8.10. The molecule has 6 rings (SSSR count). The Balaban J connectivity index is 1.39. The lowest BCUT2D eigenvalue weighted by atomic mass is 10.0. The van der Waals surface area contributed by atoms with E-state index in [0.717, 1.165) is 41.4 Å². The van der Waals surface area contributed by atoms with Gasteiger partial charge in [-0.3, -0.25) is 4.79 Å². The lowest BCUT2D eigenvalue weighted by molar-refractivity contribution is -0.131. The molecule has 2 aromatic heterocycles. The van der Waals surface area contributed by atoms with E-state index in [2.05, 4.69) is 70.0 Å². The van der Waals surface area contributed by atoms with Crippen LogP contribution >= 0.6 is 11.3 Å². The van der Waals surface area contributed by atoms with Crippen LogP contribution < -0.4 is 9.64 Å². The number of carbonyl (C=O) groups is 1. The summed E-state index contributed by atoms with van der Waals surface area (Å²) >= 11 is 1.72. The fourth-order valence-electron chi connectivity index (χ4n) is 5.88. The van der Waals surface area contributed by atoms with Crippen LogP contribution in [0.5, 0.6) is 6.01 Å². The standard InChI is InChI=1S/C31H31FN6O2S/c1-20(32)30(39)38-14-13-37(18-24(38)17-33-2)29-26-10-9-22(25-8-4-6-21-11-15-41-28(21)25)16-27(26)34-31(35-29)40-19-23-7-5-12-36(23)3/h4,6,8-11,15-16,23-24H,1,5,7,12-14,17-19H2,3H3/t23-,24-/m0/s1. The summed E-state index contributed by atoms with van der Waals surface area (Å²) in [4.78, 5) is 31.4. The Kier molecular flexibility index (Phi) is 7.56. The highest BCUT2D eigenvalue weighted by molar-refractivity contribution is 7.17. The molecule has 1 amide bonds. The van der Waals surface area contributed by atoms with Gasteiger partial charge in [0.25, 0.3) is 5.91 Å². The van der Waals surface area contributed by atoms with Gasteiger partial charge in [-0.15, -0.1) is 11.3 Å². The number of amides is 1. The molecule has 2 aliphatic heterocycles. The van der Waals surface area contributed by atoms with Crippen LogP contribution in [0.3, 0.4) is 0 Å². The number of anilines is 1. The Hall–Kier alpha value is -4.07. The van der Waals surface area contributed by atoms with E-state index >= 15 is 0 Å². The van der Waals surface area contributed by atoms with Crippen molar-refractivity contribution in [3.05, 3.63) is 71.7 Å². The largest absolute Gasteiger partial charge is 0.462 e. The average molecular weight is 571 g/mol. The number of carbonyl (C=O) groups excluding carboxylic acids is 1. The predicted molar refractivity (Wildman–Crippen MR) is 161 cm³/mol. The summed E-state index contributed by atoms with van der Waals surface area (Å²) in [6.45, 7) is 13.2. The van der Waals surface area contributed by atoms with Crippen molar-refractivity contribution >= 4 is 44.1 Å². The number of hydrogen-bond donors (Lipinski definition) is 0. The van der Waals surface area contributed by atoms with Gasteiger partial charge in [-0.25, -0.2) is 11.0 Å². The Morgan fingerprint density at radius 3 is 2.85 bits per heavy atom. The van der Waals surface area contributed by atoms with Crippen molar-refractivity contribution in [1.29, 1.82) is 0 Å². The second kappa shape index (κ2) is 11.4. The summed E-state index contributed by atoms with van der Waals surface area (Å²) in [6.07, 6.45) is 2.21. The molecule has 210 valence electrons. The molecule has 4 heterocycles. The molecule has 0 N–H and O–H groups in total. The van der Waals surface area contributed by atoms with Gasteiger partial charge in [0.05, 0.1) is 5.52 Å². The van der Waals surface area contributed by atoms with Gasteiger partial charge in [0.1, 0.15) is 18.5 Å². The first-order valence-electron chi connectivity index (χ1n) is 13.8. The third kappa shape index (κ3) is 5.35. The number of likely N-dealkylation sites (N-methyl/N-ethyl adjacent to an activating group) is 1. The number of aromatic nitrogens is 2. The van der Waals surface area contributed by atoms with E-state index in [1.165, 1.54) is 15.0 Å². The van der Waals surface area contributed by atoms with Crippen LogP contribution in [0, 0.1) is 6.57 Å². The normalized spacial score (nSPS) is 19.5. The molecule has 0 radical (unpaired) electrons. The summed E-state index contributed by atoms with van der Waals surface area (Å²) in [7, 11) is 2.11. The number of fused-ring (bicyclic) bond motifs is 2. The summed E-state index contributed by atoms with van der Waals surface area (Å²) < 4.78 is 21.2. The minimum atomic E-state index is -1.01. The minimum absolute atomic E-state index is 0.0604. The van der Waals surface area contributed by atoms with Crippen LogP contribution in [-0.4, -0.2) is 84.1 Å². The average Bonchev–Trinajstić information content (AvgIpc) is 3.63. The highest BCUT2D eigenvalue weighted by Crippen LogP contribution is 2.36. The summed E-state index contributed by atoms with van der Waals surface area (Å²) in [5, 5.41) is 4.16. The smallest absolute Gasteiger partial charge is 0.319 e. The third-order valence-corrected chi connectivity index (χ3v) is 9.06. The molecule has 0 spiro atoms. The van der Waals surface area contributed by atoms with E-state index in [-0.39, 0.29) is 13.1 Å². The number of piperazine rings is 1. The first-order valence-corrected chi connectivity index (χ1v) is 14.7. The molecule has 41 heavy (non-hydrogen) atoms. The van der Waals surface area contributed by atoms with Gasteiger partial charge in [-0.2, -0.15) is 9.97 Å². The van der Waals surface area contributed by atoms with Crippen molar-refractivity contribution < 1.29 is 13.9 Å². The SMILES string of the molecule is [C-]#[N+]C[C@H]1CN(c2nc(OC[C@@H]3CCCN3C)nc3cc(-c4cccc5ccsc45)ccc23)CCN1C(=O)C(=C)F. The fraction of sp³-hybridized carbons (Fsp3) is 0.355. The fourth-order valence-corrected chi connectivity index (χ4v) is 6.81. The maximum atomic E-state index is 13.8. The molecule has 0 unspecified atom stereocenters. The minimum Gasteiger partial charge on any atom is -0.462 e. The number of hydrogen-bond acceptors (Lipinski definition) is 7. The maximum absolute atomic E-state index is 13.8. The molecule has 8 nitrogen and oxygen atoms in total. The molecule has 0 saturated carbocycles. The van der Waals surface area contributed by atoms with E-state index < -0.39 is 17.8 Å². The van der Waals surface area contributed by atoms with Crippen molar-refractivity contribution in [2.45, 2.75) is 24.9 Å². The highest BCUT2D eigenvalue weighted by Gasteiger charge is 2.35. The van der Waals surface area contributed by atoms with Crippen LogP contribution in [0.1, 0.15) is 12.8 Å². The molecule has 2 saturated heterocycles. The number of nitrogens with zero attached hydrogens (tertiary/aromatic N) is 6. The predicted octanol–water partition coefficient (Wildman–Crippen LogP) is 5.40. The molecule has 2 atom stereocenters. The molecule has 4 aromatic rings. The zero-order valence-electron chi connectivity index (χ0n) is 22.9. The second-order valence-corrected chi connectivity index (χ2v) is 11.6. The van der Waals surface area contributed by atoms with Gasteiger partial charge in [-0.05, 0) is 66.5 Å². The summed E-state index contributed by atoms with van der Waals surface area (Å²) in [5.74, 6) is -1.09. The Labute approximate surface area is 242 Å². The van der Waals surface area contributed by atoms with Crippen molar-refractivity contribution in [1.82, 2.24) is 19.8 Å². The number of benzene rings is 2. The van der Waals surface area contributed by atoms with E-state index in [1.54, 1.807) is 11.3 Å². The monoisotopic (exact) mass is 570 g/mol. The molecule has 0 aliphatic carbocycles. The number of likely N-dealkylation sites (tertiary alicyclic amines) is 1. The van der Waals surface area contributed by atoms with Gasteiger partial charge in [0.15, 0.2) is 5.83 Å². The maximum Gasteiger partial charge on any atom is 0.319 e. The number of ether oxygens (including phenoxy) is 1. The van der Waals surface area contributed by atoms with Crippen molar-refractivity contribution in [2.24, 2.45) is 0 Å². The summed E-state index contributed by atoms with van der Waals surface area (Å²) in [6, 6.07) is 14.8. The van der Waals surface area contributed by atoms with Gasteiger partial charge < -0.3 is 24.3 Å². The van der Waals surface area contributed by atoms with Crippen LogP contribution in [0.25, 0.3) is 37.0 Å². The van der Waals surface area contributed by atoms with Crippen molar-refractivity contribution in [3.8, 4) is 17.1 Å². The van der Waals surface area contributed by atoms with Crippen LogP contribution in [0.4, 0.5) is 10.2 Å². The Bertz CT molecular complexity index is 1670. The molecule has 2 aliphatic rings. The molecule has 2 aromatic carbocycles. The van der Waals surface area contributed by atoms with Gasteiger partial charge in [0.2, 0.25) is 6.54 Å². The van der Waals surface area contributed by atoms with Gasteiger partial charge >= 0.3 is 6.01 Å². The number of halogens is 1. The van der Waals surface area contributed by atoms with Crippen molar-refractivity contribution in [2.75, 3.05) is 51.3 Å². The van der Waals surface area contributed by atoms with E-state index in [1.807, 2.05) is 6.07 Å². The van der Waals surface area contributed by atoms with Crippen LogP contribution in [-0.2, 0) is 4.79 Å². The van der Waals surface area contributed by atoms with Crippen LogP contribution in [0.15, 0.2) is 60.3 Å². The highest BCUT2D eigenvalue weighted by atomic mass is 32.1. The van der Waals surface area contributed by atoms with Crippen molar-refractivity contribution in [3.63, 3.8) is 0 Å². The van der Waals surface area contributed by atoms with E-state index in [4.69, 9.17) is 21.3 Å². The number of thiophene rings is 1. The lowest BCUT2D eigenvalue weighted by Crippen LogP contribution is -2.56. The molecule has 2 fully saturated rings. The number of rotatable bonds is 7. The van der Waals surface area contributed by atoms with E-state index in [9.17, 15) is 9.18 Å². The topological polar surface area (TPSA) is 66.2 Å². The van der Waals surface area contributed by atoms with Crippen LogP contribution in [0.2, 0.25) is 0 Å². The molecular weight excluding hydrogens is 539 g/mol. The van der Waals surface area contributed by atoms with E-state index in [0.29, 0.717) is 37.6 Å². The molecular formula is C31H31FN6O2S. The summed E-state index contributed by atoms with van der Waals surface area (Å²) in [5.41, 5.74) is 2.96. The Morgan fingerprint density at radius 1 is 1.20 bits per heavy atom. The molecule has 10 heteroatoms. The first kappa shape index (κ1) is 27.1. The second-order valence-electron chi connectivity index (χ2n) is 10.6. The van der Waals surface area contributed by atoms with Gasteiger partial charge in [0, 0.05) is 35.8 Å². The molecule has 0 bridgehead atoms. The zero-order chi connectivity index (χ0) is 28.5. The zero-order valence-corrected chi connectivity index (χ0v) is 23.7. The Morgan fingerprint density at radius 2 is 2.07 bits per heavy atom. The lowest BCUT2D eigenvalue weighted by Gasteiger charge is -2.39. The quantitative estimate of drug-likeness (QED) is 0.219. The van der Waals surface area contributed by atoms with Gasteiger partial charge in [-0.1, -0.05) is 30.8 Å².